The van der Waals surface area contributed by atoms with Crippen LogP contribution in [0, 0.1) is 0 Å². The minimum atomic E-state index is -0.419. The van der Waals surface area contributed by atoms with Crippen LogP contribution in [0.1, 0.15) is 13.2 Å². The highest BCUT2D eigenvalue weighted by molar-refractivity contribution is 7.99. The van der Waals surface area contributed by atoms with Crippen molar-refractivity contribution >= 4 is 11.8 Å². The lowest BCUT2D eigenvalue weighted by Gasteiger charge is -2.11. The van der Waals surface area contributed by atoms with Gasteiger partial charge in [-0.1, -0.05) is 0 Å². The summed E-state index contributed by atoms with van der Waals surface area (Å²) in [7, 11) is 0. The first-order valence-electron chi connectivity index (χ1n) is 4.25. The predicted molar refractivity (Wildman–Crippen MR) is 53.4 cm³/mol. The van der Waals surface area contributed by atoms with E-state index in [0.29, 0.717) is 0 Å². The van der Waals surface area contributed by atoms with Crippen molar-refractivity contribution in [1.29, 1.82) is 0 Å². The van der Waals surface area contributed by atoms with Crippen molar-refractivity contribution in [3.63, 3.8) is 0 Å². The summed E-state index contributed by atoms with van der Waals surface area (Å²) in [5.74, 6) is 0.729. The highest BCUT2D eigenvalue weighted by atomic mass is 32.2. The average molecular weight is 214 g/mol. The van der Waals surface area contributed by atoms with Gasteiger partial charge in [-0.2, -0.15) is 0 Å². The minimum absolute atomic E-state index is 0.0961. The molecule has 1 aromatic heterocycles. The van der Waals surface area contributed by atoms with E-state index in [4.69, 9.17) is 4.74 Å². The van der Waals surface area contributed by atoms with Crippen LogP contribution in [0.25, 0.3) is 0 Å². The Kier molecular flexibility index (Phi) is 2.47. The van der Waals surface area contributed by atoms with E-state index in [1.807, 2.05) is 6.92 Å². The molecule has 1 aliphatic heterocycles. The van der Waals surface area contributed by atoms with Crippen LogP contribution in [0.15, 0.2) is 21.9 Å². The van der Waals surface area contributed by atoms with Crippen LogP contribution in [0.3, 0.4) is 0 Å². The van der Waals surface area contributed by atoms with Gasteiger partial charge in [0.15, 0.2) is 0 Å². The maximum Gasteiger partial charge on any atom is 0.330 e. The Morgan fingerprint density at radius 2 is 2.43 bits per heavy atom. The maximum atomic E-state index is 11.4. The highest BCUT2D eigenvalue weighted by Crippen LogP contribution is 2.29. The molecule has 14 heavy (non-hydrogen) atoms. The molecule has 1 N–H and O–H groups in total. The van der Waals surface area contributed by atoms with E-state index in [0.717, 1.165) is 5.75 Å². The van der Waals surface area contributed by atoms with E-state index >= 15 is 0 Å². The summed E-state index contributed by atoms with van der Waals surface area (Å²) in [6.45, 7) is 1.93. The first-order chi connectivity index (χ1) is 6.66. The zero-order chi connectivity index (χ0) is 10.1. The van der Waals surface area contributed by atoms with Gasteiger partial charge < -0.3 is 4.74 Å². The van der Waals surface area contributed by atoms with E-state index in [1.165, 1.54) is 16.8 Å². The van der Waals surface area contributed by atoms with Gasteiger partial charge in [-0.15, -0.1) is 11.8 Å². The van der Waals surface area contributed by atoms with E-state index in [2.05, 4.69) is 4.98 Å². The predicted octanol–water partition coefficient (Wildman–Crippen LogP) is 0.145. The molecule has 0 saturated carbocycles. The Morgan fingerprint density at radius 3 is 3.00 bits per heavy atom. The van der Waals surface area contributed by atoms with Crippen LogP contribution in [0.4, 0.5) is 0 Å². The van der Waals surface area contributed by atoms with Crippen LogP contribution in [-0.4, -0.2) is 20.7 Å². The highest BCUT2D eigenvalue weighted by Gasteiger charge is 2.24. The van der Waals surface area contributed by atoms with Gasteiger partial charge in [0.05, 0.1) is 0 Å². The number of nitrogens with one attached hydrogen (secondary N) is 1. The number of hydrogen-bond donors (Lipinski definition) is 1. The standard InChI is InChI=1S/C8H10N2O3S/c1-5-13-7(4-14-5)10-3-2-6(11)9-8(10)12/h2-3,5,7H,4H2,1H3,(H,9,11,12)/t5-,7+/m0/s1. The molecule has 2 atom stereocenters. The molecule has 0 aromatic carbocycles. The molecule has 0 bridgehead atoms. The van der Waals surface area contributed by atoms with Gasteiger partial charge in [0.1, 0.15) is 11.7 Å². The lowest BCUT2D eigenvalue weighted by atomic mass is 10.5. The van der Waals surface area contributed by atoms with Crippen LogP contribution in [0.5, 0.6) is 0 Å². The van der Waals surface area contributed by atoms with E-state index in [9.17, 15) is 9.59 Å². The van der Waals surface area contributed by atoms with Crippen molar-refractivity contribution in [2.75, 3.05) is 5.75 Å². The molecule has 0 radical (unpaired) electrons. The number of thioether (sulfide) groups is 1. The topological polar surface area (TPSA) is 64.1 Å². The third-order valence-corrected chi connectivity index (χ3v) is 3.04. The zero-order valence-electron chi connectivity index (χ0n) is 7.60. The van der Waals surface area contributed by atoms with Gasteiger partial charge in [-0.3, -0.25) is 14.3 Å². The molecule has 0 amide bonds. The second kappa shape index (κ2) is 3.62. The molecule has 1 aliphatic rings. The van der Waals surface area contributed by atoms with Crippen molar-refractivity contribution in [3.8, 4) is 0 Å². The van der Waals surface area contributed by atoms with Gasteiger partial charge >= 0.3 is 5.69 Å². The first kappa shape index (κ1) is 9.54. The molecule has 1 aromatic rings. The quantitative estimate of drug-likeness (QED) is 0.722. The third kappa shape index (κ3) is 1.76. The zero-order valence-corrected chi connectivity index (χ0v) is 8.41. The van der Waals surface area contributed by atoms with E-state index < -0.39 is 5.69 Å². The smallest absolute Gasteiger partial charge is 0.330 e. The molecule has 0 spiro atoms. The number of ether oxygens (including phenoxy) is 1. The van der Waals surface area contributed by atoms with Crippen molar-refractivity contribution < 1.29 is 4.74 Å². The van der Waals surface area contributed by atoms with Crippen LogP contribution in [-0.2, 0) is 4.74 Å². The van der Waals surface area contributed by atoms with Crippen molar-refractivity contribution in [2.45, 2.75) is 18.6 Å². The average Bonchev–Trinajstić information content (AvgIpc) is 2.51. The normalized spacial score (nSPS) is 26.6. The molecular weight excluding hydrogens is 204 g/mol. The second-order valence-electron chi connectivity index (χ2n) is 3.01. The Morgan fingerprint density at radius 1 is 1.64 bits per heavy atom. The Hall–Kier alpha value is -1.01. The van der Waals surface area contributed by atoms with Gasteiger partial charge in [-0.05, 0) is 6.92 Å². The van der Waals surface area contributed by atoms with E-state index in [1.54, 1.807) is 11.8 Å². The Bertz CT molecular complexity index is 439. The minimum Gasteiger partial charge on any atom is -0.343 e. The van der Waals surface area contributed by atoms with Gasteiger partial charge in [0.2, 0.25) is 0 Å². The summed E-state index contributed by atoms with van der Waals surface area (Å²) in [6, 6.07) is 1.32. The SMILES string of the molecule is C[C@H]1O[C@@H](n2ccc(=O)[nH]c2=O)CS1. The summed E-state index contributed by atoms with van der Waals surface area (Å²) < 4.78 is 6.87. The molecule has 0 aliphatic carbocycles. The summed E-state index contributed by atoms with van der Waals surface area (Å²) in [5, 5.41) is 0. The van der Waals surface area contributed by atoms with E-state index in [-0.39, 0.29) is 17.2 Å². The van der Waals surface area contributed by atoms with Crippen molar-refractivity contribution in [2.24, 2.45) is 0 Å². The summed E-state index contributed by atoms with van der Waals surface area (Å²) in [6.07, 6.45) is 1.20. The van der Waals surface area contributed by atoms with Crippen LogP contribution < -0.4 is 11.2 Å². The molecule has 6 heteroatoms. The molecule has 2 rings (SSSR count). The molecule has 2 heterocycles. The van der Waals surface area contributed by atoms with Gasteiger partial charge in [0.25, 0.3) is 5.56 Å². The maximum absolute atomic E-state index is 11.4. The van der Waals surface area contributed by atoms with Crippen LogP contribution >= 0.6 is 11.8 Å². The Balaban J connectivity index is 2.33. The summed E-state index contributed by atoms with van der Waals surface area (Å²) >= 11 is 1.64. The van der Waals surface area contributed by atoms with Gasteiger partial charge in [0, 0.05) is 18.0 Å². The lowest BCUT2D eigenvalue weighted by molar-refractivity contribution is 0.0235. The number of aromatic nitrogens is 2. The fourth-order valence-electron chi connectivity index (χ4n) is 1.32. The molecule has 5 nitrogen and oxygen atoms in total. The third-order valence-electron chi connectivity index (χ3n) is 1.98. The summed E-state index contributed by atoms with van der Waals surface area (Å²) in [5.41, 5.74) is -0.707. The molecule has 0 unspecified atom stereocenters. The molecule has 1 saturated heterocycles. The lowest BCUT2D eigenvalue weighted by Crippen LogP contribution is -2.32. The molecule has 76 valence electrons. The number of rotatable bonds is 1. The second-order valence-corrected chi connectivity index (χ2v) is 4.34. The number of hydrogen-bond acceptors (Lipinski definition) is 4. The van der Waals surface area contributed by atoms with Crippen LogP contribution in [0.2, 0.25) is 0 Å². The fraction of sp³-hybridized carbons (Fsp3) is 0.500. The fourth-order valence-corrected chi connectivity index (χ4v) is 2.20. The molecule has 1 fully saturated rings. The molecular formula is C8H10N2O3S. The number of aromatic amines is 1. The van der Waals surface area contributed by atoms with Gasteiger partial charge in [-0.25, -0.2) is 4.79 Å². The first-order valence-corrected chi connectivity index (χ1v) is 5.30. The van der Waals surface area contributed by atoms with Crippen molar-refractivity contribution in [1.82, 2.24) is 9.55 Å². The largest absolute Gasteiger partial charge is 0.343 e. The number of nitrogens with zero attached hydrogens (tertiary/aromatic N) is 1. The number of H-pyrrole nitrogens is 1. The Labute approximate surface area is 84.1 Å². The summed E-state index contributed by atoms with van der Waals surface area (Å²) in [4.78, 5) is 24.4. The monoisotopic (exact) mass is 214 g/mol. The van der Waals surface area contributed by atoms with Crippen molar-refractivity contribution in [3.05, 3.63) is 33.1 Å².